The normalized spacial score (nSPS) is 10.6. The Labute approximate surface area is 133 Å². The predicted molar refractivity (Wildman–Crippen MR) is 84.4 cm³/mol. The summed E-state index contributed by atoms with van der Waals surface area (Å²) in [5.74, 6) is -1.33. The maximum absolute atomic E-state index is 12.1. The number of ether oxygens (including phenoxy) is 1. The summed E-state index contributed by atoms with van der Waals surface area (Å²) in [7, 11) is 1.52. The van der Waals surface area contributed by atoms with Crippen molar-refractivity contribution in [2.75, 3.05) is 12.4 Å². The zero-order valence-corrected chi connectivity index (χ0v) is 13.3. The average Bonchev–Trinajstić information content (AvgIpc) is 2.76. The number of aryl methyl sites for hydroxylation is 2. The molecule has 2 N–H and O–H groups in total. The number of hydrogen-bond acceptors (Lipinski definition) is 4. The van der Waals surface area contributed by atoms with Crippen molar-refractivity contribution in [3.63, 3.8) is 0 Å². The van der Waals surface area contributed by atoms with E-state index in [-0.39, 0.29) is 24.6 Å². The van der Waals surface area contributed by atoms with E-state index in [1.807, 2.05) is 19.9 Å². The summed E-state index contributed by atoms with van der Waals surface area (Å²) < 4.78 is 6.62. The molecule has 0 aliphatic heterocycles. The zero-order chi connectivity index (χ0) is 17.0. The highest BCUT2D eigenvalue weighted by atomic mass is 16.5. The van der Waals surface area contributed by atoms with E-state index in [0.29, 0.717) is 11.3 Å². The Kier molecular flexibility index (Phi) is 5.13. The lowest BCUT2D eigenvalue weighted by Gasteiger charge is -2.10. The lowest BCUT2D eigenvalue weighted by atomic mass is 10.1. The quantitative estimate of drug-likeness (QED) is 0.849. The predicted octanol–water partition coefficient (Wildman–Crippen LogP) is 1.98. The smallest absolute Gasteiger partial charge is 0.335 e. The summed E-state index contributed by atoms with van der Waals surface area (Å²) in [5, 5.41) is 16.1. The molecule has 0 bridgehead atoms. The van der Waals surface area contributed by atoms with Gasteiger partial charge in [-0.25, -0.2) is 4.79 Å². The highest BCUT2D eigenvalue weighted by Crippen LogP contribution is 2.16. The third kappa shape index (κ3) is 4.40. The van der Waals surface area contributed by atoms with Crippen LogP contribution >= 0.6 is 0 Å². The molecule has 0 unspecified atom stereocenters. The summed E-state index contributed by atoms with van der Waals surface area (Å²) in [4.78, 5) is 23.3. The van der Waals surface area contributed by atoms with Crippen molar-refractivity contribution in [2.24, 2.45) is 0 Å². The first-order chi connectivity index (χ1) is 10.9. The molecule has 0 fully saturated rings. The van der Waals surface area contributed by atoms with Gasteiger partial charge in [-0.05, 0) is 43.7 Å². The summed E-state index contributed by atoms with van der Waals surface area (Å²) in [6.07, 6.45) is 0. The van der Waals surface area contributed by atoms with Gasteiger partial charge in [0.25, 0.3) is 0 Å². The molecule has 2 rings (SSSR count). The summed E-state index contributed by atoms with van der Waals surface area (Å²) >= 11 is 0. The van der Waals surface area contributed by atoms with Gasteiger partial charge in [0, 0.05) is 18.5 Å². The van der Waals surface area contributed by atoms with Crippen molar-refractivity contribution in [1.29, 1.82) is 0 Å². The van der Waals surface area contributed by atoms with E-state index >= 15 is 0 Å². The minimum absolute atomic E-state index is 0.0661. The van der Waals surface area contributed by atoms with Crippen LogP contribution in [0.5, 0.6) is 0 Å². The molecule has 0 radical (unpaired) electrons. The van der Waals surface area contributed by atoms with E-state index in [9.17, 15) is 9.59 Å². The van der Waals surface area contributed by atoms with E-state index in [0.717, 1.165) is 11.4 Å². The number of carbonyl (C=O) groups is 2. The summed E-state index contributed by atoms with van der Waals surface area (Å²) in [6, 6.07) is 6.51. The maximum atomic E-state index is 12.1. The third-order valence-corrected chi connectivity index (χ3v) is 3.23. The number of hydrogen-bond donors (Lipinski definition) is 2. The molecule has 1 amide bonds. The zero-order valence-electron chi connectivity index (χ0n) is 13.3. The van der Waals surface area contributed by atoms with E-state index in [1.165, 1.54) is 19.2 Å². The van der Waals surface area contributed by atoms with Crippen LogP contribution in [0.15, 0.2) is 24.3 Å². The Morgan fingerprint density at radius 3 is 2.57 bits per heavy atom. The minimum Gasteiger partial charge on any atom is -0.478 e. The van der Waals surface area contributed by atoms with Gasteiger partial charge in [-0.2, -0.15) is 5.10 Å². The van der Waals surface area contributed by atoms with Gasteiger partial charge in [-0.1, -0.05) is 0 Å². The number of nitrogens with zero attached hydrogens (tertiary/aromatic N) is 2. The van der Waals surface area contributed by atoms with Crippen LogP contribution in [-0.2, 0) is 22.7 Å². The number of carboxylic acid groups (broad SMARTS) is 1. The van der Waals surface area contributed by atoms with Crippen LogP contribution in [0.4, 0.5) is 5.69 Å². The Hall–Kier alpha value is -2.67. The molecule has 0 aliphatic rings. The second-order valence-corrected chi connectivity index (χ2v) is 5.29. The first-order valence-electron chi connectivity index (χ1n) is 7.06. The summed E-state index contributed by atoms with van der Waals surface area (Å²) in [5.41, 5.74) is 2.92. The number of anilines is 1. The maximum Gasteiger partial charge on any atom is 0.335 e. The van der Waals surface area contributed by atoms with Gasteiger partial charge in [0.2, 0.25) is 5.91 Å². The van der Waals surface area contributed by atoms with Crippen molar-refractivity contribution in [3.05, 3.63) is 46.8 Å². The Morgan fingerprint density at radius 1 is 1.26 bits per heavy atom. The SMILES string of the molecule is COCc1cc(NC(=O)Cn2nc(C)cc2C)cc(C(=O)O)c1. The number of benzene rings is 1. The molecular weight excluding hydrogens is 298 g/mol. The monoisotopic (exact) mass is 317 g/mol. The number of amides is 1. The largest absolute Gasteiger partial charge is 0.478 e. The molecule has 1 heterocycles. The standard InChI is InChI=1S/C16H19N3O4/c1-10-4-11(2)19(18-10)8-15(20)17-14-6-12(9-23-3)5-13(7-14)16(21)22/h4-7H,8-9H2,1-3H3,(H,17,20)(H,21,22). The molecule has 0 aliphatic carbocycles. The number of nitrogens with one attached hydrogen (secondary N) is 1. The van der Waals surface area contributed by atoms with Crippen molar-refractivity contribution >= 4 is 17.6 Å². The highest BCUT2D eigenvalue weighted by Gasteiger charge is 2.11. The average molecular weight is 317 g/mol. The molecule has 0 atom stereocenters. The first-order valence-corrected chi connectivity index (χ1v) is 7.06. The fraction of sp³-hybridized carbons (Fsp3) is 0.312. The molecule has 1 aromatic carbocycles. The van der Waals surface area contributed by atoms with Crippen LogP contribution in [-0.4, -0.2) is 33.9 Å². The highest BCUT2D eigenvalue weighted by molar-refractivity contribution is 5.94. The molecule has 1 aromatic heterocycles. The van der Waals surface area contributed by atoms with Gasteiger partial charge < -0.3 is 15.2 Å². The molecule has 7 nitrogen and oxygen atoms in total. The van der Waals surface area contributed by atoms with Gasteiger partial charge in [0.1, 0.15) is 6.54 Å². The molecule has 0 saturated heterocycles. The molecule has 122 valence electrons. The van der Waals surface area contributed by atoms with Crippen LogP contribution in [0.3, 0.4) is 0 Å². The topological polar surface area (TPSA) is 93.5 Å². The second-order valence-electron chi connectivity index (χ2n) is 5.29. The van der Waals surface area contributed by atoms with Crippen molar-refractivity contribution in [3.8, 4) is 0 Å². The Balaban J connectivity index is 2.16. The van der Waals surface area contributed by atoms with E-state index in [1.54, 1.807) is 10.7 Å². The number of rotatable bonds is 6. The summed E-state index contributed by atoms with van der Waals surface area (Å²) in [6.45, 7) is 4.06. The van der Waals surface area contributed by atoms with E-state index in [2.05, 4.69) is 10.4 Å². The van der Waals surface area contributed by atoms with E-state index < -0.39 is 5.97 Å². The van der Waals surface area contributed by atoms with E-state index in [4.69, 9.17) is 9.84 Å². The number of carboxylic acids is 1. The lowest BCUT2D eigenvalue weighted by Crippen LogP contribution is -2.20. The van der Waals surface area contributed by atoms with Gasteiger partial charge in [0.15, 0.2) is 0 Å². The van der Waals surface area contributed by atoms with Gasteiger partial charge >= 0.3 is 5.97 Å². The van der Waals surface area contributed by atoms with Gasteiger partial charge in [-0.15, -0.1) is 0 Å². The van der Waals surface area contributed by atoms with Gasteiger partial charge in [-0.3, -0.25) is 9.48 Å². The van der Waals surface area contributed by atoms with Crippen molar-refractivity contribution in [2.45, 2.75) is 27.0 Å². The number of aromatic nitrogens is 2. The van der Waals surface area contributed by atoms with Crippen LogP contribution in [0.2, 0.25) is 0 Å². The van der Waals surface area contributed by atoms with Crippen LogP contribution in [0.25, 0.3) is 0 Å². The fourth-order valence-electron chi connectivity index (χ4n) is 2.31. The minimum atomic E-state index is -1.06. The molecule has 23 heavy (non-hydrogen) atoms. The number of aromatic carboxylic acids is 1. The van der Waals surface area contributed by atoms with Crippen LogP contribution < -0.4 is 5.32 Å². The van der Waals surface area contributed by atoms with Crippen LogP contribution in [0, 0.1) is 13.8 Å². The molecule has 0 spiro atoms. The van der Waals surface area contributed by atoms with Gasteiger partial charge in [0.05, 0.1) is 17.9 Å². The Bertz CT molecular complexity index is 737. The number of methoxy groups -OCH3 is 1. The molecule has 7 heteroatoms. The molecule has 2 aromatic rings. The molecular formula is C16H19N3O4. The van der Waals surface area contributed by atoms with Crippen molar-refractivity contribution < 1.29 is 19.4 Å². The number of carbonyl (C=O) groups excluding carboxylic acids is 1. The van der Waals surface area contributed by atoms with Crippen molar-refractivity contribution in [1.82, 2.24) is 9.78 Å². The second kappa shape index (κ2) is 7.06. The van der Waals surface area contributed by atoms with Crippen LogP contribution in [0.1, 0.15) is 27.3 Å². The third-order valence-electron chi connectivity index (χ3n) is 3.23. The Morgan fingerprint density at radius 2 is 2.00 bits per heavy atom. The first kappa shape index (κ1) is 16.7. The lowest BCUT2D eigenvalue weighted by molar-refractivity contribution is -0.116. The fourth-order valence-corrected chi connectivity index (χ4v) is 2.31. The molecule has 0 saturated carbocycles.